The Morgan fingerprint density at radius 1 is 1.06 bits per heavy atom. The van der Waals surface area contributed by atoms with Gasteiger partial charge in [0.1, 0.15) is 5.75 Å². The van der Waals surface area contributed by atoms with Crippen molar-refractivity contribution in [3.05, 3.63) is 59.1 Å². The van der Waals surface area contributed by atoms with Crippen molar-refractivity contribution >= 4 is 23.5 Å². The predicted molar refractivity (Wildman–Crippen MR) is 66.8 cm³/mol. The van der Waals surface area contributed by atoms with Gasteiger partial charge < -0.3 is 5.11 Å². The van der Waals surface area contributed by atoms with Gasteiger partial charge in [0, 0.05) is 6.21 Å². The van der Waals surface area contributed by atoms with E-state index in [0.29, 0.717) is 5.02 Å². The Morgan fingerprint density at radius 3 is 2.50 bits per heavy atom. The number of para-hydroxylation sites is 1. The van der Waals surface area contributed by atoms with Crippen LogP contribution in [0.5, 0.6) is 5.75 Å². The van der Waals surface area contributed by atoms with Gasteiger partial charge in [-0.25, -0.2) is 0 Å². The summed E-state index contributed by atoms with van der Waals surface area (Å²) in [5.41, 5.74) is 1.73. The maximum atomic E-state index is 9.25. The van der Waals surface area contributed by atoms with Crippen molar-refractivity contribution in [1.82, 2.24) is 0 Å². The fourth-order valence-electron chi connectivity index (χ4n) is 1.27. The van der Waals surface area contributed by atoms with E-state index in [1.165, 1.54) is 0 Å². The van der Waals surface area contributed by atoms with Crippen LogP contribution in [0.1, 0.15) is 5.56 Å². The van der Waals surface area contributed by atoms with Crippen LogP contribution in [-0.2, 0) is 0 Å². The van der Waals surface area contributed by atoms with Gasteiger partial charge in [-0.15, -0.1) is 0 Å². The molecule has 1 N–H and O–H groups in total. The molecule has 0 aliphatic carbocycles. The van der Waals surface area contributed by atoms with Gasteiger partial charge in [-0.05, 0) is 35.9 Å². The van der Waals surface area contributed by atoms with Crippen LogP contribution in [0, 0.1) is 0 Å². The molecule has 2 aromatic rings. The molecule has 2 aromatic carbocycles. The van der Waals surface area contributed by atoms with E-state index >= 15 is 0 Å². The number of rotatable bonds is 2. The highest BCUT2D eigenvalue weighted by atomic mass is 35.5. The lowest BCUT2D eigenvalue weighted by atomic mass is 10.2. The summed E-state index contributed by atoms with van der Waals surface area (Å²) in [4.78, 5) is 4.28. The molecular weight excluding hydrogens is 222 g/mol. The minimum absolute atomic E-state index is 0.0820. The third-order valence-corrected chi connectivity index (χ3v) is 2.39. The fraction of sp³-hybridized carbons (Fsp3) is 0. The summed E-state index contributed by atoms with van der Waals surface area (Å²) in [7, 11) is 0. The van der Waals surface area contributed by atoms with Crippen molar-refractivity contribution < 1.29 is 5.11 Å². The summed E-state index contributed by atoms with van der Waals surface area (Å²) in [6.45, 7) is 0. The smallest absolute Gasteiger partial charge is 0.134 e. The van der Waals surface area contributed by atoms with Crippen LogP contribution in [0.3, 0.4) is 0 Å². The molecule has 0 saturated carbocycles. The summed E-state index contributed by atoms with van der Waals surface area (Å²) in [6.07, 6.45) is 1.71. The zero-order chi connectivity index (χ0) is 11.4. The van der Waals surface area contributed by atoms with Crippen LogP contribution in [0.2, 0.25) is 5.02 Å². The number of aliphatic imine (C=N–C) groups is 1. The Bertz CT molecular complexity index is 509. The second kappa shape index (κ2) is 4.81. The van der Waals surface area contributed by atoms with Gasteiger partial charge in [-0.1, -0.05) is 29.8 Å². The number of hydrogen-bond donors (Lipinski definition) is 1. The molecule has 0 heterocycles. The molecule has 80 valence electrons. The van der Waals surface area contributed by atoms with Gasteiger partial charge in [-0.3, -0.25) is 4.99 Å². The molecule has 16 heavy (non-hydrogen) atoms. The van der Waals surface area contributed by atoms with Gasteiger partial charge in [0.05, 0.1) is 10.7 Å². The van der Waals surface area contributed by atoms with Crippen molar-refractivity contribution in [3.8, 4) is 5.75 Å². The van der Waals surface area contributed by atoms with Crippen molar-refractivity contribution in [2.75, 3.05) is 0 Å². The van der Waals surface area contributed by atoms with Crippen LogP contribution in [-0.4, -0.2) is 11.3 Å². The minimum Gasteiger partial charge on any atom is -0.506 e. The maximum absolute atomic E-state index is 9.25. The van der Waals surface area contributed by atoms with Gasteiger partial charge in [-0.2, -0.15) is 0 Å². The molecule has 2 nitrogen and oxygen atoms in total. The first kappa shape index (κ1) is 10.7. The predicted octanol–water partition coefficient (Wildman–Crippen LogP) is 3.80. The molecule has 0 spiro atoms. The number of phenols is 1. The summed E-state index contributed by atoms with van der Waals surface area (Å²) in [5, 5.41) is 9.58. The molecule has 0 radical (unpaired) electrons. The molecule has 0 aliphatic rings. The Hall–Kier alpha value is -1.80. The first-order chi connectivity index (χ1) is 7.75. The minimum atomic E-state index is 0.0820. The lowest BCUT2D eigenvalue weighted by molar-refractivity contribution is 0.475. The van der Waals surface area contributed by atoms with Gasteiger partial charge in [0.15, 0.2) is 0 Å². The Kier molecular flexibility index (Phi) is 3.22. The standard InChI is InChI=1S/C13H10ClNO/c14-12-8-10(6-7-13(12)16)9-15-11-4-2-1-3-5-11/h1-9,16H. The molecule has 0 aromatic heterocycles. The fourth-order valence-corrected chi connectivity index (χ4v) is 1.46. The van der Waals surface area contributed by atoms with Crippen molar-refractivity contribution in [1.29, 1.82) is 0 Å². The number of phenolic OH excluding ortho intramolecular Hbond substituents is 1. The highest BCUT2D eigenvalue weighted by molar-refractivity contribution is 6.32. The van der Waals surface area contributed by atoms with E-state index < -0.39 is 0 Å². The average Bonchev–Trinajstić information content (AvgIpc) is 2.32. The molecule has 0 aliphatic heterocycles. The third kappa shape index (κ3) is 2.61. The number of nitrogens with zero attached hydrogens (tertiary/aromatic N) is 1. The van der Waals surface area contributed by atoms with Crippen LogP contribution in [0.25, 0.3) is 0 Å². The Balaban J connectivity index is 2.21. The van der Waals surface area contributed by atoms with Crippen molar-refractivity contribution in [3.63, 3.8) is 0 Å². The van der Waals surface area contributed by atoms with E-state index in [9.17, 15) is 5.11 Å². The Morgan fingerprint density at radius 2 is 1.81 bits per heavy atom. The lowest BCUT2D eigenvalue weighted by Crippen LogP contribution is -1.80. The largest absolute Gasteiger partial charge is 0.506 e. The van der Waals surface area contributed by atoms with Crippen LogP contribution in [0.4, 0.5) is 5.69 Å². The first-order valence-electron chi connectivity index (χ1n) is 4.83. The Labute approximate surface area is 98.8 Å². The molecule has 0 saturated heterocycles. The molecule has 3 heteroatoms. The third-order valence-electron chi connectivity index (χ3n) is 2.09. The first-order valence-corrected chi connectivity index (χ1v) is 5.21. The summed E-state index contributed by atoms with van der Waals surface area (Å²) < 4.78 is 0. The number of hydrogen-bond acceptors (Lipinski definition) is 2. The normalized spacial score (nSPS) is 10.8. The molecular formula is C13H10ClNO. The van der Waals surface area contributed by atoms with E-state index in [0.717, 1.165) is 11.3 Å². The summed E-state index contributed by atoms with van der Waals surface area (Å²) in [6, 6.07) is 14.6. The molecule has 0 amide bonds. The molecule has 2 rings (SSSR count). The van der Waals surface area contributed by atoms with E-state index in [2.05, 4.69) is 4.99 Å². The molecule has 0 unspecified atom stereocenters. The number of aromatic hydroxyl groups is 1. The summed E-state index contributed by atoms with van der Waals surface area (Å²) >= 11 is 5.78. The van der Waals surface area contributed by atoms with Gasteiger partial charge >= 0.3 is 0 Å². The van der Waals surface area contributed by atoms with Crippen molar-refractivity contribution in [2.24, 2.45) is 4.99 Å². The van der Waals surface area contributed by atoms with Gasteiger partial charge in [0.2, 0.25) is 0 Å². The van der Waals surface area contributed by atoms with Crippen molar-refractivity contribution in [2.45, 2.75) is 0 Å². The van der Waals surface area contributed by atoms with Crippen LogP contribution >= 0.6 is 11.6 Å². The molecule has 0 atom stereocenters. The zero-order valence-corrected chi connectivity index (χ0v) is 9.22. The second-order valence-electron chi connectivity index (χ2n) is 3.30. The second-order valence-corrected chi connectivity index (χ2v) is 3.71. The SMILES string of the molecule is Oc1ccc(C=Nc2ccccc2)cc1Cl. The highest BCUT2D eigenvalue weighted by Gasteiger charge is 1.97. The lowest BCUT2D eigenvalue weighted by Gasteiger charge is -1.97. The van der Waals surface area contributed by atoms with Crippen LogP contribution in [0.15, 0.2) is 53.5 Å². The van der Waals surface area contributed by atoms with E-state index in [4.69, 9.17) is 11.6 Å². The van der Waals surface area contributed by atoms with E-state index in [1.54, 1.807) is 24.4 Å². The zero-order valence-electron chi connectivity index (χ0n) is 8.47. The van der Waals surface area contributed by atoms with E-state index in [-0.39, 0.29) is 5.75 Å². The van der Waals surface area contributed by atoms with Crippen LogP contribution < -0.4 is 0 Å². The molecule has 0 fully saturated rings. The number of benzene rings is 2. The molecule has 0 bridgehead atoms. The highest BCUT2D eigenvalue weighted by Crippen LogP contribution is 2.23. The topological polar surface area (TPSA) is 32.6 Å². The quantitative estimate of drug-likeness (QED) is 0.784. The van der Waals surface area contributed by atoms with E-state index in [1.807, 2.05) is 30.3 Å². The summed E-state index contributed by atoms with van der Waals surface area (Å²) in [5.74, 6) is 0.0820. The van der Waals surface area contributed by atoms with Gasteiger partial charge in [0.25, 0.3) is 0 Å². The number of halogens is 1. The average molecular weight is 232 g/mol. The monoisotopic (exact) mass is 231 g/mol. The maximum Gasteiger partial charge on any atom is 0.134 e.